The molecule has 0 spiro atoms. The topological polar surface area (TPSA) is 18.5 Å². The van der Waals surface area contributed by atoms with Crippen LogP contribution in [0.3, 0.4) is 0 Å². The molecule has 72 valence electrons. The molecule has 0 aliphatic rings. The van der Waals surface area contributed by atoms with Crippen molar-refractivity contribution in [1.29, 1.82) is 0 Å². The van der Waals surface area contributed by atoms with Crippen molar-refractivity contribution in [2.75, 3.05) is 14.2 Å². The molecule has 0 aromatic carbocycles. The summed E-state index contributed by atoms with van der Waals surface area (Å²) in [6.45, 7) is 8.04. The summed E-state index contributed by atoms with van der Waals surface area (Å²) in [4.78, 5) is 0. The van der Waals surface area contributed by atoms with Gasteiger partial charge in [0.05, 0.1) is 11.2 Å². The maximum atomic E-state index is 5.24. The van der Waals surface area contributed by atoms with Crippen LogP contribution in [0.25, 0.3) is 0 Å². The lowest BCUT2D eigenvalue weighted by molar-refractivity contribution is 0.0506. The van der Waals surface area contributed by atoms with Crippen molar-refractivity contribution in [3.63, 3.8) is 0 Å². The number of hydrogen-bond donors (Lipinski definition) is 0. The Labute approximate surface area is 75.6 Å². The van der Waals surface area contributed by atoms with Crippen molar-refractivity contribution in [1.82, 2.24) is 0 Å². The van der Waals surface area contributed by atoms with Gasteiger partial charge < -0.3 is 9.47 Å². The van der Waals surface area contributed by atoms with Gasteiger partial charge in [0.25, 0.3) is 0 Å². The normalized spacial score (nSPS) is 14.2. The summed E-state index contributed by atoms with van der Waals surface area (Å²) >= 11 is 0. The highest BCUT2D eigenvalue weighted by Crippen LogP contribution is 2.15. The Kier molecular flexibility index (Phi) is 3.94. The largest absolute Gasteiger partial charge is 0.375 e. The van der Waals surface area contributed by atoms with Crippen molar-refractivity contribution in [3.05, 3.63) is 12.2 Å². The molecular formula is C10H20O2. The number of hydrogen-bond acceptors (Lipinski definition) is 2. The lowest BCUT2D eigenvalue weighted by Crippen LogP contribution is -2.23. The van der Waals surface area contributed by atoms with Crippen LogP contribution in [0.1, 0.15) is 27.7 Å². The Morgan fingerprint density at radius 3 is 1.17 bits per heavy atom. The maximum Gasteiger partial charge on any atom is 0.0803 e. The summed E-state index contributed by atoms with van der Waals surface area (Å²) in [6.07, 6.45) is 4.02. The molecule has 0 fully saturated rings. The van der Waals surface area contributed by atoms with E-state index in [-0.39, 0.29) is 11.2 Å². The SMILES string of the molecule is COC(C)(C)/C=C/C(C)(C)OC. The molecule has 0 saturated heterocycles. The standard InChI is InChI=1S/C10H20O2/c1-9(2,11-5)7-8-10(3,4)12-6/h7-8H,1-6H3/b8-7+. The van der Waals surface area contributed by atoms with Gasteiger partial charge in [-0.1, -0.05) is 12.2 Å². The van der Waals surface area contributed by atoms with E-state index in [0.717, 1.165) is 0 Å². The summed E-state index contributed by atoms with van der Waals surface area (Å²) in [6, 6.07) is 0. The van der Waals surface area contributed by atoms with Crippen molar-refractivity contribution >= 4 is 0 Å². The second-order valence-electron chi connectivity index (χ2n) is 3.95. The molecule has 0 bridgehead atoms. The highest BCUT2D eigenvalue weighted by Gasteiger charge is 2.16. The Morgan fingerprint density at radius 1 is 0.750 bits per heavy atom. The Hall–Kier alpha value is -0.340. The Bertz CT molecular complexity index is 139. The van der Waals surface area contributed by atoms with E-state index in [1.165, 1.54) is 0 Å². The quantitative estimate of drug-likeness (QED) is 0.606. The molecule has 0 atom stereocenters. The van der Waals surface area contributed by atoms with Crippen LogP contribution < -0.4 is 0 Å². The fraction of sp³-hybridized carbons (Fsp3) is 0.800. The summed E-state index contributed by atoms with van der Waals surface area (Å²) in [5.41, 5.74) is -0.425. The highest BCUT2D eigenvalue weighted by atomic mass is 16.5. The van der Waals surface area contributed by atoms with E-state index in [1.54, 1.807) is 14.2 Å². The number of rotatable bonds is 4. The van der Waals surface area contributed by atoms with Gasteiger partial charge in [-0.2, -0.15) is 0 Å². The van der Waals surface area contributed by atoms with Gasteiger partial charge in [0.15, 0.2) is 0 Å². The molecule has 0 radical (unpaired) electrons. The first-order valence-corrected chi connectivity index (χ1v) is 4.14. The molecule has 2 heteroatoms. The van der Waals surface area contributed by atoms with Gasteiger partial charge >= 0.3 is 0 Å². The van der Waals surface area contributed by atoms with Crippen LogP contribution in [0.5, 0.6) is 0 Å². The first kappa shape index (κ1) is 11.7. The molecule has 0 N–H and O–H groups in total. The lowest BCUT2D eigenvalue weighted by Gasteiger charge is -2.22. The van der Waals surface area contributed by atoms with Gasteiger partial charge in [-0.25, -0.2) is 0 Å². The van der Waals surface area contributed by atoms with Crippen molar-refractivity contribution in [3.8, 4) is 0 Å². The minimum atomic E-state index is -0.213. The molecule has 0 aliphatic heterocycles. The van der Waals surface area contributed by atoms with E-state index in [2.05, 4.69) is 0 Å². The molecule has 0 heterocycles. The zero-order valence-electron chi connectivity index (χ0n) is 8.97. The first-order valence-electron chi connectivity index (χ1n) is 4.14. The molecule has 0 aliphatic carbocycles. The van der Waals surface area contributed by atoms with Crippen LogP contribution in [0.4, 0.5) is 0 Å². The third kappa shape index (κ3) is 4.52. The fourth-order valence-corrected chi connectivity index (χ4v) is 0.537. The predicted octanol–water partition coefficient (Wildman–Crippen LogP) is 2.39. The van der Waals surface area contributed by atoms with E-state index in [9.17, 15) is 0 Å². The molecule has 0 aromatic rings. The predicted molar refractivity (Wildman–Crippen MR) is 51.3 cm³/mol. The molecule has 0 aromatic heterocycles. The summed E-state index contributed by atoms with van der Waals surface area (Å²) in [5.74, 6) is 0. The van der Waals surface area contributed by atoms with Crippen LogP contribution in [-0.4, -0.2) is 25.4 Å². The monoisotopic (exact) mass is 172 g/mol. The molecule has 0 amide bonds. The van der Waals surface area contributed by atoms with Crippen LogP contribution in [-0.2, 0) is 9.47 Å². The molecule has 12 heavy (non-hydrogen) atoms. The average Bonchev–Trinajstić information content (AvgIpc) is 2.02. The lowest BCUT2D eigenvalue weighted by atomic mass is 10.0. The fourth-order valence-electron chi connectivity index (χ4n) is 0.537. The third-order valence-electron chi connectivity index (χ3n) is 1.94. The molecular weight excluding hydrogens is 152 g/mol. The minimum absolute atomic E-state index is 0.212. The Balaban J connectivity index is 4.23. The molecule has 0 rings (SSSR count). The molecule has 0 saturated carbocycles. The Morgan fingerprint density at radius 2 is 1.00 bits per heavy atom. The van der Waals surface area contributed by atoms with Crippen LogP contribution in [0.15, 0.2) is 12.2 Å². The van der Waals surface area contributed by atoms with Crippen LogP contribution >= 0.6 is 0 Å². The van der Waals surface area contributed by atoms with E-state index in [4.69, 9.17) is 9.47 Å². The zero-order valence-corrected chi connectivity index (χ0v) is 8.97. The van der Waals surface area contributed by atoms with Gasteiger partial charge in [-0.15, -0.1) is 0 Å². The zero-order chi connectivity index (χ0) is 9.83. The number of methoxy groups -OCH3 is 2. The second-order valence-corrected chi connectivity index (χ2v) is 3.95. The summed E-state index contributed by atoms with van der Waals surface area (Å²) < 4.78 is 10.5. The number of ether oxygens (including phenoxy) is 2. The summed E-state index contributed by atoms with van der Waals surface area (Å²) in [7, 11) is 3.40. The molecule has 2 nitrogen and oxygen atoms in total. The average molecular weight is 172 g/mol. The van der Waals surface area contributed by atoms with Crippen LogP contribution in [0.2, 0.25) is 0 Å². The van der Waals surface area contributed by atoms with Gasteiger partial charge in [-0.05, 0) is 27.7 Å². The van der Waals surface area contributed by atoms with Crippen molar-refractivity contribution in [2.45, 2.75) is 38.9 Å². The molecule has 0 unspecified atom stereocenters. The second kappa shape index (κ2) is 4.06. The van der Waals surface area contributed by atoms with E-state index in [1.807, 2.05) is 39.8 Å². The van der Waals surface area contributed by atoms with E-state index in [0.29, 0.717) is 0 Å². The first-order chi connectivity index (χ1) is 5.33. The van der Waals surface area contributed by atoms with E-state index >= 15 is 0 Å². The summed E-state index contributed by atoms with van der Waals surface area (Å²) in [5, 5.41) is 0. The third-order valence-corrected chi connectivity index (χ3v) is 1.94. The van der Waals surface area contributed by atoms with Gasteiger partial charge in [0.1, 0.15) is 0 Å². The minimum Gasteiger partial charge on any atom is -0.375 e. The van der Waals surface area contributed by atoms with Crippen molar-refractivity contribution < 1.29 is 9.47 Å². The van der Waals surface area contributed by atoms with Crippen LogP contribution in [0, 0.1) is 0 Å². The highest BCUT2D eigenvalue weighted by molar-refractivity contribution is 5.04. The maximum absolute atomic E-state index is 5.24. The van der Waals surface area contributed by atoms with Gasteiger partial charge in [0.2, 0.25) is 0 Å². The van der Waals surface area contributed by atoms with Crippen molar-refractivity contribution in [2.24, 2.45) is 0 Å². The van der Waals surface area contributed by atoms with E-state index < -0.39 is 0 Å². The smallest absolute Gasteiger partial charge is 0.0803 e. The van der Waals surface area contributed by atoms with Gasteiger partial charge in [0, 0.05) is 14.2 Å². The van der Waals surface area contributed by atoms with Gasteiger partial charge in [-0.3, -0.25) is 0 Å².